The Morgan fingerprint density at radius 1 is 1.20 bits per heavy atom. The second-order valence-electron chi connectivity index (χ2n) is 4.97. The summed E-state index contributed by atoms with van der Waals surface area (Å²) in [4.78, 5) is 2.76. The van der Waals surface area contributed by atoms with Crippen LogP contribution in [0.2, 0.25) is 0 Å². The van der Waals surface area contributed by atoms with Crippen LogP contribution in [0.5, 0.6) is 0 Å². The van der Waals surface area contributed by atoms with E-state index in [2.05, 4.69) is 10.1 Å². The maximum Gasteiger partial charge on any atom is 0.453 e. The zero-order valence-corrected chi connectivity index (χ0v) is 14.0. The smallest absolute Gasteiger partial charge is 0.368 e. The summed E-state index contributed by atoms with van der Waals surface area (Å²) in [5.74, 6) is -1.97. The lowest BCUT2D eigenvalue weighted by molar-refractivity contribution is -0.144. The summed E-state index contributed by atoms with van der Waals surface area (Å²) < 4.78 is 71.4. The van der Waals surface area contributed by atoms with Gasteiger partial charge in [0.2, 0.25) is 5.95 Å². The average molecular weight is 384 g/mol. The van der Waals surface area contributed by atoms with Crippen molar-refractivity contribution in [3.8, 4) is 5.69 Å². The normalized spacial score (nSPS) is 12.1. The van der Waals surface area contributed by atoms with Gasteiger partial charge in [0.05, 0.1) is 10.6 Å². The Kier molecular flexibility index (Phi) is 5.80. The molecule has 0 fully saturated rings. The van der Waals surface area contributed by atoms with E-state index in [0.717, 1.165) is 10.7 Å². The minimum atomic E-state index is -4.79. The van der Waals surface area contributed by atoms with Crippen LogP contribution in [-0.4, -0.2) is 27.7 Å². The van der Waals surface area contributed by atoms with Crippen LogP contribution in [-0.2, 0) is 29.1 Å². The van der Waals surface area contributed by atoms with Crippen LogP contribution in [0.15, 0.2) is 17.0 Å². The number of halogens is 4. The summed E-state index contributed by atoms with van der Waals surface area (Å²) in [5, 5.41) is 3.32. The molecule has 3 N–H and O–H groups in total. The summed E-state index contributed by atoms with van der Waals surface area (Å²) in [5.41, 5.74) is 6.38. The number of nitrogens with two attached hydrogens (primary N) is 1. The first kappa shape index (κ1) is 20.8. The van der Waals surface area contributed by atoms with Gasteiger partial charge in [-0.3, -0.25) is 9.26 Å². The maximum absolute atomic E-state index is 12.7. The topological polar surface area (TPSA) is 111 Å². The van der Waals surface area contributed by atoms with Crippen LogP contribution in [0.3, 0.4) is 0 Å². The maximum atomic E-state index is 12.7. The SMILES string of the molecule is CCc1cc(CC)c(S(=O)(=O)O)cc1-n1nc(C(F)(F)F)nc1N.F. The number of benzene rings is 1. The van der Waals surface area contributed by atoms with E-state index in [1.807, 2.05) is 0 Å². The lowest BCUT2D eigenvalue weighted by atomic mass is 10.0. The van der Waals surface area contributed by atoms with E-state index in [4.69, 9.17) is 5.73 Å². The zero-order valence-electron chi connectivity index (χ0n) is 13.2. The predicted octanol–water partition coefficient (Wildman–Crippen LogP) is 2.39. The molecule has 12 heteroatoms. The van der Waals surface area contributed by atoms with Gasteiger partial charge in [-0.2, -0.15) is 31.3 Å². The molecular formula is C13H16F4N4O3S. The fraction of sp³-hybridized carbons (Fsp3) is 0.385. The summed E-state index contributed by atoms with van der Waals surface area (Å²) in [6.45, 7) is 3.43. The summed E-state index contributed by atoms with van der Waals surface area (Å²) in [6.07, 6.45) is -4.10. The highest BCUT2D eigenvalue weighted by Gasteiger charge is 2.37. The molecule has 0 aliphatic carbocycles. The molecule has 2 aromatic rings. The lowest BCUT2D eigenvalue weighted by Crippen LogP contribution is -2.11. The Balaban J connectivity index is 0.00000312. The molecular weight excluding hydrogens is 368 g/mol. The van der Waals surface area contributed by atoms with Crippen molar-refractivity contribution in [1.29, 1.82) is 0 Å². The number of hydrogen-bond acceptors (Lipinski definition) is 5. The van der Waals surface area contributed by atoms with E-state index in [-0.39, 0.29) is 10.4 Å². The summed E-state index contributed by atoms with van der Waals surface area (Å²) >= 11 is 0. The number of aryl methyl sites for hydroxylation is 2. The molecule has 25 heavy (non-hydrogen) atoms. The first-order chi connectivity index (χ1) is 11.0. The molecule has 0 aliphatic heterocycles. The highest BCUT2D eigenvalue weighted by atomic mass is 32.2. The van der Waals surface area contributed by atoms with Gasteiger partial charge in [-0.15, -0.1) is 5.10 Å². The van der Waals surface area contributed by atoms with Crippen molar-refractivity contribution in [2.75, 3.05) is 5.73 Å². The van der Waals surface area contributed by atoms with Gasteiger partial charge < -0.3 is 5.73 Å². The molecule has 1 aromatic heterocycles. The van der Waals surface area contributed by atoms with Crippen LogP contribution < -0.4 is 5.73 Å². The molecule has 140 valence electrons. The van der Waals surface area contributed by atoms with E-state index in [1.54, 1.807) is 13.8 Å². The molecule has 2 rings (SSSR count). The average Bonchev–Trinajstić information content (AvgIpc) is 2.86. The number of nitrogens with zero attached hydrogens (tertiary/aromatic N) is 3. The van der Waals surface area contributed by atoms with Crippen molar-refractivity contribution in [2.24, 2.45) is 0 Å². The van der Waals surface area contributed by atoms with E-state index < -0.39 is 33.0 Å². The molecule has 1 heterocycles. The van der Waals surface area contributed by atoms with Gasteiger partial charge in [-0.05, 0) is 30.0 Å². The summed E-state index contributed by atoms with van der Waals surface area (Å²) in [6, 6.07) is 2.55. The van der Waals surface area contributed by atoms with Crippen LogP contribution in [0, 0.1) is 0 Å². The third-order valence-corrected chi connectivity index (χ3v) is 4.35. The molecule has 0 saturated carbocycles. The standard InChI is InChI=1S/C13H15F3N4O3S.FH/c1-3-7-5-8(4-2)10(24(21,22)23)6-9(7)20-12(17)18-11(19-20)13(14,15)16;/h5-6H,3-4H2,1-2H3,(H2,17,18,19)(H,21,22,23);1H. The second kappa shape index (κ2) is 6.96. The number of nitrogen functional groups attached to an aromatic ring is 1. The third-order valence-electron chi connectivity index (χ3n) is 3.42. The van der Waals surface area contributed by atoms with Crippen molar-refractivity contribution >= 4 is 16.1 Å². The first-order valence-corrected chi connectivity index (χ1v) is 8.36. The molecule has 0 amide bonds. The van der Waals surface area contributed by atoms with Crippen LogP contribution >= 0.6 is 0 Å². The van der Waals surface area contributed by atoms with E-state index in [0.29, 0.717) is 24.0 Å². The first-order valence-electron chi connectivity index (χ1n) is 6.92. The van der Waals surface area contributed by atoms with Crippen molar-refractivity contribution in [1.82, 2.24) is 14.8 Å². The predicted molar refractivity (Wildman–Crippen MR) is 81.8 cm³/mol. The van der Waals surface area contributed by atoms with Gasteiger partial charge in [0.15, 0.2) is 0 Å². The number of alkyl halides is 3. The van der Waals surface area contributed by atoms with Crippen LogP contribution in [0.4, 0.5) is 23.8 Å². The van der Waals surface area contributed by atoms with Crippen molar-refractivity contribution < 1.29 is 30.8 Å². The highest BCUT2D eigenvalue weighted by Crippen LogP contribution is 2.30. The molecule has 0 spiro atoms. The quantitative estimate of drug-likeness (QED) is 0.619. The molecule has 0 bridgehead atoms. The van der Waals surface area contributed by atoms with Crippen molar-refractivity contribution in [3.63, 3.8) is 0 Å². The molecule has 0 aliphatic rings. The number of rotatable bonds is 4. The van der Waals surface area contributed by atoms with Gasteiger partial charge >= 0.3 is 6.18 Å². The number of aromatic nitrogens is 3. The largest absolute Gasteiger partial charge is 0.453 e. The van der Waals surface area contributed by atoms with Gasteiger partial charge in [-0.25, -0.2) is 0 Å². The van der Waals surface area contributed by atoms with Crippen molar-refractivity contribution in [2.45, 2.75) is 37.8 Å². The molecule has 0 atom stereocenters. The second-order valence-corrected chi connectivity index (χ2v) is 6.36. The van der Waals surface area contributed by atoms with Gasteiger partial charge in [-0.1, -0.05) is 19.9 Å². The van der Waals surface area contributed by atoms with E-state index in [9.17, 15) is 26.1 Å². The lowest BCUT2D eigenvalue weighted by Gasteiger charge is -2.14. The Morgan fingerprint density at radius 2 is 1.76 bits per heavy atom. The Morgan fingerprint density at radius 3 is 2.16 bits per heavy atom. The van der Waals surface area contributed by atoms with Crippen LogP contribution in [0.1, 0.15) is 30.8 Å². The number of hydrogen-bond donors (Lipinski definition) is 2. The van der Waals surface area contributed by atoms with Crippen molar-refractivity contribution in [3.05, 3.63) is 29.1 Å². The van der Waals surface area contributed by atoms with Gasteiger partial charge in [0.25, 0.3) is 15.9 Å². The zero-order chi connectivity index (χ0) is 18.3. The van der Waals surface area contributed by atoms with Crippen LogP contribution in [0.25, 0.3) is 5.69 Å². The van der Waals surface area contributed by atoms with E-state index in [1.165, 1.54) is 6.07 Å². The fourth-order valence-electron chi connectivity index (χ4n) is 2.28. The van der Waals surface area contributed by atoms with Gasteiger partial charge in [0, 0.05) is 0 Å². The molecule has 7 nitrogen and oxygen atoms in total. The van der Waals surface area contributed by atoms with Gasteiger partial charge in [0.1, 0.15) is 0 Å². The molecule has 0 saturated heterocycles. The minimum Gasteiger partial charge on any atom is -0.368 e. The molecule has 0 radical (unpaired) electrons. The fourth-order valence-corrected chi connectivity index (χ4v) is 3.08. The monoisotopic (exact) mass is 384 g/mol. The third kappa shape index (κ3) is 4.07. The highest BCUT2D eigenvalue weighted by molar-refractivity contribution is 7.85. The Bertz CT molecular complexity index is 878. The Hall–Kier alpha value is -2.21. The van der Waals surface area contributed by atoms with E-state index >= 15 is 0 Å². The molecule has 1 aromatic carbocycles. The minimum absolute atomic E-state index is 0. The molecule has 0 unspecified atom stereocenters. The number of anilines is 1. The summed E-state index contributed by atoms with van der Waals surface area (Å²) in [7, 11) is -4.56. The Labute approximate surface area is 140 Å².